The maximum absolute atomic E-state index is 12.2. The largest absolute Gasteiger partial charge is 0.464 e. The molecule has 1 atom stereocenters. The van der Waals surface area contributed by atoms with E-state index in [1.165, 1.54) is 0 Å². The quantitative estimate of drug-likeness (QED) is 0.768. The number of nitrogens with one attached hydrogen (secondary N) is 2. The Morgan fingerprint density at radius 2 is 2.20 bits per heavy atom. The van der Waals surface area contributed by atoms with Crippen molar-refractivity contribution in [2.75, 3.05) is 0 Å². The van der Waals surface area contributed by atoms with Gasteiger partial charge in [0, 0.05) is 5.56 Å². The van der Waals surface area contributed by atoms with Gasteiger partial charge in [-0.3, -0.25) is 4.79 Å². The maximum Gasteiger partial charge on any atom is 0.251 e. The maximum atomic E-state index is 12.2. The lowest BCUT2D eigenvalue weighted by Gasteiger charge is -2.11. The molecule has 2 heterocycles. The summed E-state index contributed by atoms with van der Waals surface area (Å²) in [5, 5.41) is 2.92. The second-order valence-electron chi connectivity index (χ2n) is 4.78. The molecule has 3 aromatic rings. The number of aromatic nitrogens is 2. The number of hydrogen-bond acceptors (Lipinski definition) is 3. The van der Waals surface area contributed by atoms with Gasteiger partial charge in [0.25, 0.3) is 5.91 Å². The number of aryl methyl sites for hydroxylation is 1. The number of carbonyl (C=O) groups excluding carboxylic acids is 1. The number of carbonyl (C=O) groups is 1. The zero-order chi connectivity index (χ0) is 14.1. The van der Waals surface area contributed by atoms with Crippen molar-refractivity contribution in [1.29, 1.82) is 0 Å². The highest BCUT2D eigenvalue weighted by molar-refractivity contribution is 5.97. The Bertz CT molecular complexity index is 757. The van der Waals surface area contributed by atoms with E-state index in [1.54, 1.807) is 18.5 Å². The molecule has 2 aromatic heterocycles. The Kier molecular flexibility index (Phi) is 3.02. The van der Waals surface area contributed by atoms with Crippen molar-refractivity contribution in [1.82, 2.24) is 15.3 Å². The fourth-order valence-electron chi connectivity index (χ4n) is 2.11. The fourth-order valence-corrected chi connectivity index (χ4v) is 2.11. The summed E-state index contributed by atoms with van der Waals surface area (Å²) in [6.45, 7) is 3.77. The van der Waals surface area contributed by atoms with Crippen LogP contribution in [-0.2, 0) is 0 Å². The third kappa shape index (κ3) is 2.30. The predicted octanol–water partition coefficient (Wildman–Crippen LogP) is 2.96. The highest BCUT2D eigenvalue weighted by Crippen LogP contribution is 2.17. The summed E-state index contributed by atoms with van der Waals surface area (Å²) in [5.41, 5.74) is 2.28. The van der Waals surface area contributed by atoms with Gasteiger partial charge in [0.1, 0.15) is 11.5 Å². The molecule has 0 saturated carbocycles. The molecule has 5 nitrogen and oxygen atoms in total. The van der Waals surface area contributed by atoms with Crippen molar-refractivity contribution in [2.24, 2.45) is 0 Å². The van der Waals surface area contributed by atoms with Crippen molar-refractivity contribution in [3.05, 3.63) is 53.7 Å². The Morgan fingerprint density at radius 3 is 2.95 bits per heavy atom. The van der Waals surface area contributed by atoms with Crippen LogP contribution >= 0.6 is 0 Å². The van der Waals surface area contributed by atoms with Crippen molar-refractivity contribution in [3.8, 4) is 0 Å². The van der Waals surface area contributed by atoms with Crippen molar-refractivity contribution in [3.63, 3.8) is 0 Å². The normalized spacial score (nSPS) is 12.5. The highest BCUT2D eigenvalue weighted by Gasteiger charge is 2.14. The molecule has 20 heavy (non-hydrogen) atoms. The number of rotatable bonds is 3. The highest BCUT2D eigenvalue weighted by atomic mass is 16.3. The first-order valence-corrected chi connectivity index (χ1v) is 6.44. The molecule has 102 valence electrons. The third-order valence-electron chi connectivity index (χ3n) is 3.22. The van der Waals surface area contributed by atoms with Gasteiger partial charge < -0.3 is 14.7 Å². The van der Waals surface area contributed by atoms with Crippen molar-refractivity contribution < 1.29 is 9.21 Å². The molecule has 0 bridgehead atoms. The van der Waals surface area contributed by atoms with E-state index in [0.29, 0.717) is 5.56 Å². The second-order valence-corrected chi connectivity index (χ2v) is 4.78. The molecule has 3 rings (SSSR count). The Labute approximate surface area is 116 Å². The van der Waals surface area contributed by atoms with E-state index in [4.69, 9.17) is 4.42 Å². The predicted molar refractivity (Wildman–Crippen MR) is 75.4 cm³/mol. The van der Waals surface area contributed by atoms with Crippen LogP contribution in [0.25, 0.3) is 11.0 Å². The SMILES string of the molecule is Cc1ccc([C@@H](C)NC(=O)c2ccc3nc[nH]c3c2)o1. The summed E-state index contributed by atoms with van der Waals surface area (Å²) < 4.78 is 5.51. The van der Waals surface area contributed by atoms with Crippen LogP contribution in [0.2, 0.25) is 0 Å². The van der Waals surface area contributed by atoms with E-state index in [2.05, 4.69) is 15.3 Å². The van der Waals surface area contributed by atoms with Gasteiger partial charge in [-0.15, -0.1) is 0 Å². The number of amides is 1. The summed E-state index contributed by atoms with van der Waals surface area (Å²) in [6, 6.07) is 8.96. The molecule has 1 amide bonds. The molecule has 0 aliphatic rings. The molecule has 5 heteroatoms. The van der Waals surface area contributed by atoms with Gasteiger partial charge in [0.05, 0.1) is 23.4 Å². The summed E-state index contributed by atoms with van der Waals surface area (Å²) >= 11 is 0. The van der Waals surface area contributed by atoms with Gasteiger partial charge in [-0.1, -0.05) is 0 Å². The van der Waals surface area contributed by atoms with Gasteiger partial charge >= 0.3 is 0 Å². The van der Waals surface area contributed by atoms with E-state index < -0.39 is 0 Å². The molecule has 0 aliphatic heterocycles. The Hall–Kier alpha value is -2.56. The average Bonchev–Trinajstić information content (AvgIpc) is 3.05. The standard InChI is InChI=1S/C15H15N3O2/c1-9-3-6-14(20-9)10(2)18-15(19)11-4-5-12-13(7-11)17-8-16-12/h3-8,10H,1-2H3,(H,16,17)(H,18,19)/t10-/m1/s1. The topological polar surface area (TPSA) is 70.9 Å². The number of furan rings is 1. The van der Waals surface area contributed by atoms with Crippen LogP contribution in [0.3, 0.4) is 0 Å². The number of benzene rings is 1. The minimum Gasteiger partial charge on any atom is -0.464 e. The van der Waals surface area contributed by atoms with Crippen LogP contribution in [0, 0.1) is 6.92 Å². The minimum absolute atomic E-state index is 0.136. The summed E-state index contributed by atoms with van der Waals surface area (Å²) in [4.78, 5) is 19.3. The molecule has 2 N–H and O–H groups in total. The van der Waals surface area contributed by atoms with Crippen molar-refractivity contribution >= 4 is 16.9 Å². The lowest BCUT2D eigenvalue weighted by molar-refractivity contribution is 0.0935. The smallest absolute Gasteiger partial charge is 0.251 e. The van der Waals surface area contributed by atoms with E-state index in [9.17, 15) is 4.79 Å². The van der Waals surface area contributed by atoms with Crippen LogP contribution in [0.5, 0.6) is 0 Å². The molecule has 0 saturated heterocycles. The summed E-state index contributed by atoms with van der Waals surface area (Å²) in [6.07, 6.45) is 1.61. The first kappa shape index (κ1) is 12.5. The van der Waals surface area contributed by atoms with Crippen LogP contribution in [0.15, 0.2) is 41.1 Å². The molecule has 0 aliphatic carbocycles. The lowest BCUT2D eigenvalue weighted by atomic mass is 10.1. The number of imidazole rings is 1. The Balaban J connectivity index is 1.78. The number of aromatic amines is 1. The van der Waals surface area contributed by atoms with Crippen LogP contribution in [-0.4, -0.2) is 15.9 Å². The van der Waals surface area contributed by atoms with Gasteiger partial charge in [-0.05, 0) is 44.2 Å². The molecular weight excluding hydrogens is 254 g/mol. The van der Waals surface area contributed by atoms with Crippen LogP contribution in [0.1, 0.15) is 34.8 Å². The zero-order valence-electron chi connectivity index (χ0n) is 11.3. The summed E-state index contributed by atoms with van der Waals surface area (Å²) in [5.74, 6) is 1.45. The van der Waals surface area contributed by atoms with E-state index in [-0.39, 0.29) is 11.9 Å². The van der Waals surface area contributed by atoms with E-state index in [1.807, 2.05) is 32.0 Å². The number of nitrogens with zero attached hydrogens (tertiary/aromatic N) is 1. The molecular formula is C15H15N3O2. The third-order valence-corrected chi connectivity index (χ3v) is 3.22. The van der Waals surface area contributed by atoms with E-state index >= 15 is 0 Å². The van der Waals surface area contributed by atoms with Crippen LogP contribution in [0.4, 0.5) is 0 Å². The first-order chi connectivity index (χ1) is 9.63. The van der Waals surface area contributed by atoms with E-state index in [0.717, 1.165) is 22.6 Å². The molecule has 0 fully saturated rings. The minimum atomic E-state index is -0.173. The number of H-pyrrole nitrogens is 1. The molecule has 0 unspecified atom stereocenters. The number of hydrogen-bond donors (Lipinski definition) is 2. The average molecular weight is 269 g/mol. The molecule has 0 radical (unpaired) electrons. The summed E-state index contributed by atoms with van der Waals surface area (Å²) in [7, 11) is 0. The van der Waals surface area contributed by atoms with Gasteiger partial charge in [-0.2, -0.15) is 0 Å². The zero-order valence-corrected chi connectivity index (χ0v) is 11.3. The van der Waals surface area contributed by atoms with Gasteiger partial charge in [0.2, 0.25) is 0 Å². The molecule has 0 spiro atoms. The van der Waals surface area contributed by atoms with Crippen LogP contribution < -0.4 is 5.32 Å². The van der Waals surface area contributed by atoms with Gasteiger partial charge in [-0.25, -0.2) is 4.98 Å². The Morgan fingerprint density at radius 1 is 1.35 bits per heavy atom. The number of fused-ring (bicyclic) bond motifs is 1. The monoisotopic (exact) mass is 269 g/mol. The van der Waals surface area contributed by atoms with Gasteiger partial charge in [0.15, 0.2) is 0 Å². The molecule has 1 aromatic carbocycles. The second kappa shape index (κ2) is 4.85. The van der Waals surface area contributed by atoms with Crippen molar-refractivity contribution in [2.45, 2.75) is 19.9 Å². The first-order valence-electron chi connectivity index (χ1n) is 6.44. The lowest BCUT2D eigenvalue weighted by Crippen LogP contribution is -2.26. The fraction of sp³-hybridized carbons (Fsp3) is 0.200.